The number of nitrogens with one attached hydrogen (secondary N) is 1. The number of nitrogens with zero attached hydrogens (tertiary/aromatic N) is 2. The minimum Gasteiger partial charge on any atom is -0.495 e. The molecule has 6 heteroatoms. The first kappa shape index (κ1) is 19.7. The third kappa shape index (κ3) is 4.44. The third-order valence-corrected chi connectivity index (χ3v) is 5.30. The molecule has 0 fully saturated rings. The lowest BCUT2D eigenvalue weighted by atomic mass is 10.0. The van der Waals surface area contributed by atoms with Crippen molar-refractivity contribution in [3.8, 4) is 11.8 Å². The molecule has 0 bridgehead atoms. The van der Waals surface area contributed by atoms with Crippen LogP contribution in [-0.4, -0.2) is 23.8 Å². The molecule has 0 unspecified atom stereocenters. The van der Waals surface area contributed by atoms with Crippen molar-refractivity contribution in [2.24, 2.45) is 0 Å². The summed E-state index contributed by atoms with van der Waals surface area (Å²) in [5.41, 5.74) is 3.11. The van der Waals surface area contributed by atoms with Gasteiger partial charge in [0.2, 0.25) is 5.91 Å². The summed E-state index contributed by atoms with van der Waals surface area (Å²) in [6.45, 7) is 4.26. The highest BCUT2D eigenvalue weighted by molar-refractivity contribution is 8.00. The Hall–Kier alpha value is -3.04. The number of nitriles is 1. The number of anilines is 1. The van der Waals surface area contributed by atoms with Crippen LogP contribution < -0.4 is 10.1 Å². The van der Waals surface area contributed by atoms with E-state index < -0.39 is 0 Å². The highest BCUT2D eigenvalue weighted by Crippen LogP contribution is 2.28. The fourth-order valence-electron chi connectivity index (χ4n) is 2.79. The number of aromatic nitrogens is 1. The van der Waals surface area contributed by atoms with Crippen molar-refractivity contribution in [1.82, 2.24) is 4.98 Å². The van der Waals surface area contributed by atoms with Gasteiger partial charge in [0.15, 0.2) is 0 Å². The van der Waals surface area contributed by atoms with Crippen molar-refractivity contribution >= 4 is 34.3 Å². The molecule has 142 valence electrons. The first-order chi connectivity index (χ1) is 13.5. The topological polar surface area (TPSA) is 75.0 Å². The van der Waals surface area contributed by atoms with Crippen molar-refractivity contribution in [2.45, 2.75) is 24.8 Å². The van der Waals surface area contributed by atoms with E-state index in [0.29, 0.717) is 27.9 Å². The normalized spacial score (nSPS) is 10.7. The Morgan fingerprint density at radius 3 is 2.75 bits per heavy atom. The average Bonchev–Trinajstić information content (AvgIpc) is 2.71. The molecule has 1 amide bonds. The van der Waals surface area contributed by atoms with Crippen molar-refractivity contribution < 1.29 is 9.53 Å². The number of pyridine rings is 1. The van der Waals surface area contributed by atoms with Gasteiger partial charge in [-0.15, -0.1) is 0 Å². The van der Waals surface area contributed by atoms with Gasteiger partial charge in [0.25, 0.3) is 0 Å². The van der Waals surface area contributed by atoms with E-state index in [2.05, 4.69) is 42.4 Å². The molecule has 0 spiro atoms. The average molecular weight is 391 g/mol. The molecule has 2 aromatic carbocycles. The minimum absolute atomic E-state index is 0.148. The molecule has 0 aliphatic heterocycles. The van der Waals surface area contributed by atoms with Crippen molar-refractivity contribution in [3.63, 3.8) is 0 Å². The second-order valence-electron chi connectivity index (χ2n) is 6.60. The van der Waals surface area contributed by atoms with Gasteiger partial charge in [-0.1, -0.05) is 43.8 Å². The lowest BCUT2D eigenvalue weighted by Crippen LogP contribution is -2.14. The molecule has 0 atom stereocenters. The van der Waals surface area contributed by atoms with E-state index in [-0.39, 0.29) is 11.7 Å². The van der Waals surface area contributed by atoms with Gasteiger partial charge in [-0.2, -0.15) is 5.26 Å². The Kier molecular flexibility index (Phi) is 6.17. The highest BCUT2D eigenvalue weighted by atomic mass is 32.2. The number of ether oxygens (including phenoxy) is 1. The van der Waals surface area contributed by atoms with E-state index in [1.807, 2.05) is 24.3 Å². The van der Waals surface area contributed by atoms with Crippen LogP contribution in [0, 0.1) is 11.3 Å². The summed E-state index contributed by atoms with van der Waals surface area (Å²) in [4.78, 5) is 16.9. The fraction of sp³-hybridized carbons (Fsp3) is 0.227. The van der Waals surface area contributed by atoms with Crippen molar-refractivity contribution in [1.29, 1.82) is 5.26 Å². The molecule has 3 rings (SSSR count). The second kappa shape index (κ2) is 8.77. The molecule has 0 saturated carbocycles. The lowest BCUT2D eigenvalue weighted by molar-refractivity contribution is -0.113. The summed E-state index contributed by atoms with van der Waals surface area (Å²) in [5.74, 6) is 0.969. The number of carbonyl (C=O) groups is 1. The van der Waals surface area contributed by atoms with Crippen LogP contribution in [0.5, 0.6) is 5.75 Å². The van der Waals surface area contributed by atoms with E-state index in [0.717, 1.165) is 10.9 Å². The summed E-state index contributed by atoms with van der Waals surface area (Å²) in [7, 11) is 1.56. The molecule has 0 radical (unpaired) electrons. The Labute approximate surface area is 168 Å². The zero-order chi connectivity index (χ0) is 20.1. The van der Waals surface area contributed by atoms with E-state index in [1.54, 1.807) is 19.2 Å². The minimum atomic E-state index is -0.185. The quantitative estimate of drug-likeness (QED) is 0.601. The monoisotopic (exact) mass is 391 g/mol. The Balaban J connectivity index is 1.77. The fourth-order valence-corrected chi connectivity index (χ4v) is 3.56. The molecule has 3 aromatic rings. The molecule has 28 heavy (non-hydrogen) atoms. The van der Waals surface area contributed by atoms with Crippen LogP contribution in [0.4, 0.5) is 5.69 Å². The second-order valence-corrected chi connectivity index (χ2v) is 7.56. The number of methoxy groups -OCH3 is 1. The molecule has 1 N–H and O–H groups in total. The van der Waals surface area contributed by atoms with Gasteiger partial charge in [0.05, 0.1) is 29.6 Å². The van der Waals surface area contributed by atoms with E-state index in [9.17, 15) is 10.1 Å². The molecule has 1 aromatic heterocycles. The van der Waals surface area contributed by atoms with Crippen molar-refractivity contribution in [3.05, 3.63) is 59.7 Å². The third-order valence-electron chi connectivity index (χ3n) is 4.31. The van der Waals surface area contributed by atoms with Gasteiger partial charge >= 0.3 is 0 Å². The zero-order valence-corrected chi connectivity index (χ0v) is 16.8. The number of benzene rings is 2. The van der Waals surface area contributed by atoms with Crippen molar-refractivity contribution in [2.75, 3.05) is 18.2 Å². The number of thioether (sulfide) groups is 1. The summed E-state index contributed by atoms with van der Waals surface area (Å²) < 4.78 is 5.24. The molecule has 5 nitrogen and oxygen atoms in total. The SMILES string of the molecule is COc1ccccc1NC(=O)CSc1nc2ccc(C(C)C)cc2cc1C#N. The van der Waals surface area contributed by atoms with Gasteiger partial charge in [-0.05, 0) is 41.8 Å². The molecular weight excluding hydrogens is 370 g/mol. The Morgan fingerprint density at radius 1 is 1.25 bits per heavy atom. The summed E-state index contributed by atoms with van der Waals surface area (Å²) >= 11 is 1.25. The molecule has 1 heterocycles. The van der Waals surface area contributed by atoms with Gasteiger partial charge in [-0.25, -0.2) is 4.98 Å². The number of para-hydroxylation sites is 2. The number of fused-ring (bicyclic) bond motifs is 1. The maximum atomic E-state index is 12.3. The van der Waals surface area contributed by atoms with Crippen LogP contribution in [0.1, 0.15) is 30.9 Å². The van der Waals surface area contributed by atoms with Gasteiger partial charge in [0.1, 0.15) is 16.8 Å². The van der Waals surface area contributed by atoms with Gasteiger partial charge < -0.3 is 10.1 Å². The zero-order valence-electron chi connectivity index (χ0n) is 16.0. The van der Waals surface area contributed by atoms with E-state index in [4.69, 9.17) is 4.74 Å². The van der Waals surface area contributed by atoms with E-state index >= 15 is 0 Å². The van der Waals surface area contributed by atoms with Crippen LogP contribution in [0.3, 0.4) is 0 Å². The number of rotatable bonds is 6. The maximum absolute atomic E-state index is 12.3. The van der Waals surface area contributed by atoms with E-state index in [1.165, 1.54) is 17.3 Å². The predicted octanol–water partition coefficient (Wildman–Crippen LogP) is 4.97. The lowest BCUT2D eigenvalue weighted by Gasteiger charge is -2.11. The summed E-state index contributed by atoms with van der Waals surface area (Å²) in [5, 5.41) is 13.8. The number of hydrogen-bond donors (Lipinski definition) is 1. The smallest absolute Gasteiger partial charge is 0.234 e. The van der Waals surface area contributed by atoms with Crippen LogP contribution in [-0.2, 0) is 4.79 Å². The first-order valence-electron chi connectivity index (χ1n) is 8.92. The van der Waals surface area contributed by atoms with Crippen LogP contribution in [0.25, 0.3) is 10.9 Å². The standard InChI is InChI=1S/C22H21N3O2S/c1-14(2)15-8-9-18-16(10-15)11-17(12-23)22(25-18)28-13-21(26)24-19-6-4-5-7-20(19)27-3/h4-11,14H,13H2,1-3H3,(H,24,26). The maximum Gasteiger partial charge on any atom is 0.234 e. The van der Waals surface area contributed by atoms with Crippen LogP contribution >= 0.6 is 11.8 Å². The highest BCUT2D eigenvalue weighted by Gasteiger charge is 2.12. The van der Waals surface area contributed by atoms with Crippen LogP contribution in [0.15, 0.2) is 53.6 Å². The first-order valence-corrected chi connectivity index (χ1v) is 9.91. The largest absolute Gasteiger partial charge is 0.495 e. The molecular formula is C22H21N3O2S. The number of hydrogen-bond acceptors (Lipinski definition) is 5. The molecule has 0 aliphatic rings. The molecule has 0 saturated heterocycles. The number of amides is 1. The predicted molar refractivity (Wildman–Crippen MR) is 113 cm³/mol. The van der Waals surface area contributed by atoms with Gasteiger partial charge in [-0.3, -0.25) is 4.79 Å². The Morgan fingerprint density at radius 2 is 2.04 bits per heavy atom. The molecule has 0 aliphatic carbocycles. The van der Waals surface area contributed by atoms with Gasteiger partial charge in [0, 0.05) is 5.39 Å². The Bertz CT molecular complexity index is 1060. The summed E-state index contributed by atoms with van der Waals surface area (Å²) in [6.07, 6.45) is 0. The summed E-state index contributed by atoms with van der Waals surface area (Å²) in [6, 6.07) is 17.3. The van der Waals surface area contributed by atoms with Crippen LogP contribution in [0.2, 0.25) is 0 Å². The number of carbonyl (C=O) groups excluding carboxylic acids is 1.